The topological polar surface area (TPSA) is 224 Å². The smallest absolute Gasteiger partial charge is 0.370 e. The number of aromatic nitrogens is 1. The lowest BCUT2D eigenvalue weighted by Gasteiger charge is -2.37. The third kappa shape index (κ3) is 9.79. The maximum atomic E-state index is 14.6. The van der Waals surface area contributed by atoms with E-state index in [1.54, 1.807) is 0 Å². The molecule has 0 radical (unpaired) electrons. The van der Waals surface area contributed by atoms with Crippen molar-refractivity contribution in [3.8, 4) is 0 Å². The van der Waals surface area contributed by atoms with Crippen LogP contribution in [0.25, 0.3) is 10.9 Å². The summed E-state index contributed by atoms with van der Waals surface area (Å²) in [4.78, 5) is 91.8. The number of ketones is 1. The predicted octanol–water partition coefficient (Wildman–Crippen LogP) is 4.48. The number of benzene rings is 3. The van der Waals surface area contributed by atoms with Gasteiger partial charge in [0.25, 0.3) is 5.91 Å². The number of hydrogen-bond acceptors (Lipinski definition) is 7. The van der Waals surface area contributed by atoms with E-state index in [2.05, 4.69) is 25.8 Å². The summed E-state index contributed by atoms with van der Waals surface area (Å²) < 4.78 is 40.4. The standard InChI is InChI=1S/C42H49F2N6O8P/c1-24(2)50-20-19-25-13-15-30(39(53)47-32(17-18-35(45)51)40(54)49-37(26-9-5-3-6-10-26)27-11-7-4-8-12-27)36(25)38(52)34(23-50)48-41(55)33-22-28-21-29(14-16-31(28)46-33)42(43,44)59(56,57)58/h3-12,14,16,21-22,24-25,30,32,34,36-37,46H,13,15,17-20,23H2,1-2H3,(H2,45,51)(H,47,53)(H,48,55)(H,49,54)(H2,56,57,58)/t25-,30-,32+,34+,36?/m1/s1. The highest BCUT2D eigenvalue weighted by molar-refractivity contribution is 7.52. The molecule has 1 unspecified atom stereocenters. The molecule has 314 valence electrons. The molecule has 1 saturated carbocycles. The lowest BCUT2D eigenvalue weighted by molar-refractivity contribution is -0.137. The van der Waals surface area contributed by atoms with E-state index in [1.165, 1.54) is 12.1 Å². The van der Waals surface area contributed by atoms with Gasteiger partial charge in [-0.05, 0) is 81.3 Å². The van der Waals surface area contributed by atoms with Crippen molar-refractivity contribution in [2.75, 3.05) is 13.1 Å². The summed E-state index contributed by atoms with van der Waals surface area (Å²) in [6.07, 6.45) is 1.25. The van der Waals surface area contributed by atoms with E-state index in [9.17, 15) is 47.1 Å². The first-order valence-electron chi connectivity index (χ1n) is 19.6. The monoisotopic (exact) mass is 834 g/mol. The number of rotatable bonds is 14. The summed E-state index contributed by atoms with van der Waals surface area (Å²) in [6.45, 7) is 4.64. The molecule has 8 N–H and O–H groups in total. The highest BCUT2D eigenvalue weighted by atomic mass is 31.2. The van der Waals surface area contributed by atoms with Gasteiger partial charge < -0.3 is 36.5 Å². The fourth-order valence-electron chi connectivity index (χ4n) is 8.27. The van der Waals surface area contributed by atoms with Crippen molar-refractivity contribution in [3.63, 3.8) is 0 Å². The van der Waals surface area contributed by atoms with E-state index in [-0.39, 0.29) is 53.7 Å². The van der Waals surface area contributed by atoms with Gasteiger partial charge in [-0.2, -0.15) is 8.78 Å². The number of H-pyrrole nitrogens is 1. The first-order valence-corrected chi connectivity index (χ1v) is 21.2. The van der Waals surface area contributed by atoms with Crippen LogP contribution in [0.3, 0.4) is 0 Å². The highest BCUT2D eigenvalue weighted by Gasteiger charge is 2.51. The summed E-state index contributed by atoms with van der Waals surface area (Å²) in [5.41, 5.74) is 1.87. The van der Waals surface area contributed by atoms with Crippen molar-refractivity contribution in [1.82, 2.24) is 25.8 Å². The van der Waals surface area contributed by atoms with Crippen molar-refractivity contribution in [1.29, 1.82) is 0 Å². The molecule has 5 atom stereocenters. The van der Waals surface area contributed by atoms with Crippen LogP contribution in [0.1, 0.15) is 79.2 Å². The number of hydrogen-bond donors (Lipinski definition) is 7. The Hall–Kier alpha value is -5.28. The predicted molar refractivity (Wildman–Crippen MR) is 215 cm³/mol. The molecular weight excluding hydrogens is 785 g/mol. The van der Waals surface area contributed by atoms with Crippen molar-refractivity contribution in [2.45, 2.75) is 75.8 Å². The van der Waals surface area contributed by atoms with Gasteiger partial charge in [-0.1, -0.05) is 66.7 Å². The van der Waals surface area contributed by atoms with E-state index < -0.39 is 72.4 Å². The Labute approximate surface area is 339 Å². The number of nitrogens with two attached hydrogens (primary N) is 1. The maximum absolute atomic E-state index is 14.6. The van der Waals surface area contributed by atoms with Crippen molar-refractivity contribution < 1.29 is 47.1 Å². The maximum Gasteiger partial charge on any atom is 0.399 e. The first-order chi connectivity index (χ1) is 27.9. The number of halogens is 2. The Bertz CT molecular complexity index is 2190. The molecule has 1 saturated heterocycles. The number of carbonyl (C=O) groups is 5. The summed E-state index contributed by atoms with van der Waals surface area (Å²) in [6, 6.07) is 19.9. The molecule has 2 heterocycles. The molecule has 2 fully saturated rings. The van der Waals surface area contributed by atoms with E-state index in [0.717, 1.165) is 23.3 Å². The van der Waals surface area contributed by atoms with Gasteiger partial charge in [0, 0.05) is 47.3 Å². The Morgan fingerprint density at radius 3 is 2.17 bits per heavy atom. The third-order valence-electron chi connectivity index (χ3n) is 11.5. The van der Waals surface area contributed by atoms with Crippen molar-refractivity contribution >= 4 is 47.9 Å². The lowest BCUT2D eigenvalue weighted by atomic mass is 9.79. The molecule has 1 aliphatic carbocycles. The second-order valence-corrected chi connectivity index (χ2v) is 17.3. The second kappa shape index (κ2) is 17.9. The van der Waals surface area contributed by atoms with E-state index in [4.69, 9.17) is 5.73 Å². The number of amides is 4. The number of carbonyl (C=O) groups excluding carboxylic acids is 5. The normalized spacial score (nSPS) is 20.8. The number of primary amides is 1. The molecule has 1 aromatic heterocycles. The number of nitrogens with zero attached hydrogens (tertiary/aromatic N) is 1. The zero-order chi connectivity index (χ0) is 42.6. The van der Waals surface area contributed by atoms with Crippen LogP contribution in [0.2, 0.25) is 0 Å². The van der Waals surface area contributed by atoms with E-state index in [1.807, 2.05) is 74.5 Å². The molecule has 4 amide bonds. The summed E-state index contributed by atoms with van der Waals surface area (Å²) in [5, 5.41) is 8.78. The Balaban J connectivity index is 1.23. The van der Waals surface area contributed by atoms with Gasteiger partial charge in [-0.15, -0.1) is 0 Å². The first kappa shape index (κ1) is 43.3. The molecule has 14 nitrogen and oxygen atoms in total. The average molecular weight is 835 g/mol. The number of likely N-dealkylation sites (tertiary alicyclic amines) is 1. The summed E-state index contributed by atoms with van der Waals surface area (Å²) >= 11 is 0. The zero-order valence-corrected chi connectivity index (χ0v) is 33.5. The minimum absolute atomic E-state index is 0.00145. The summed E-state index contributed by atoms with van der Waals surface area (Å²) in [7, 11) is -5.84. The molecular formula is C42H49F2N6O8P. The Morgan fingerprint density at radius 2 is 1.58 bits per heavy atom. The van der Waals surface area contributed by atoms with Crippen LogP contribution in [-0.4, -0.2) is 80.3 Å². The van der Waals surface area contributed by atoms with Crippen LogP contribution < -0.4 is 21.7 Å². The fraction of sp³-hybridized carbons (Fsp3) is 0.405. The lowest BCUT2D eigenvalue weighted by Crippen LogP contribution is -2.56. The third-order valence-corrected chi connectivity index (χ3v) is 12.5. The van der Waals surface area contributed by atoms with Gasteiger partial charge in [0.2, 0.25) is 17.7 Å². The quantitative estimate of drug-likeness (QED) is 0.0889. The molecule has 17 heteroatoms. The Morgan fingerprint density at radius 1 is 0.932 bits per heavy atom. The Kier molecular flexibility index (Phi) is 13.1. The average Bonchev–Trinajstić information content (AvgIpc) is 3.83. The minimum Gasteiger partial charge on any atom is -0.370 e. The van der Waals surface area contributed by atoms with Crippen LogP contribution in [0.4, 0.5) is 8.78 Å². The minimum atomic E-state index is -5.84. The fourth-order valence-corrected chi connectivity index (χ4v) is 8.74. The largest absolute Gasteiger partial charge is 0.399 e. The van der Waals surface area contributed by atoms with Crippen LogP contribution in [0, 0.1) is 17.8 Å². The van der Waals surface area contributed by atoms with Crippen LogP contribution >= 0.6 is 7.60 Å². The van der Waals surface area contributed by atoms with Gasteiger partial charge in [-0.25, -0.2) is 0 Å². The number of Topliss-reactive ketones (excluding diaryl/α,β-unsaturated/α-hetero) is 1. The molecule has 59 heavy (non-hydrogen) atoms. The highest BCUT2D eigenvalue weighted by Crippen LogP contribution is 2.59. The SMILES string of the molecule is CC(C)N1CC[C@H]2CC[C@@H](C(=O)N[C@@H](CCC(N)=O)C(=O)NC(c3ccccc3)c3ccccc3)C2C(=O)[C@@H](NC(=O)c2cc3cc(C(F)(F)P(=O)(O)O)ccc3[nH]2)C1. The number of aromatic amines is 1. The molecule has 2 aliphatic rings. The molecule has 0 spiro atoms. The van der Waals surface area contributed by atoms with Gasteiger partial charge in [0.1, 0.15) is 17.8 Å². The van der Waals surface area contributed by atoms with Gasteiger partial charge in [-0.3, -0.25) is 33.4 Å². The molecule has 1 aliphatic heterocycles. The van der Waals surface area contributed by atoms with E-state index >= 15 is 0 Å². The van der Waals surface area contributed by atoms with Crippen molar-refractivity contribution in [2.24, 2.45) is 23.5 Å². The second-order valence-electron chi connectivity index (χ2n) is 15.7. The molecule has 4 aromatic rings. The van der Waals surface area contributed by atoms with Gasteiger partial charge >= 0.3 is 13.3 Å². The number of alkyl halides is 2. The zero-order valence-electron chi connectivity index (χ0n) is 32.6. The van der Waals surface area contributed by atoms with Crippen LogP contribution in [-0.2, 0) is 29.4 Å². The summed E-state index contributed by atoms with van der Waals surface area (Å²) in [5.74, 6) is -4.67. The van der Waals surface area contributed by atoms with Gasteiger partial charge in [0.15, 0.2) is 5.78 Å². The van der Waals surface area contributed by atoms with Crippen LogP contribution in [0.5, 0.6) is 0 Å². The van der Waals surface area contributed by atoms with Crippen molar-refractivity contribution in [3.05, 3.63) is 107 Å². The number of fused-ring (bicyclic) bond motifs is 2. The molecule has 3 aromatic carbocycles. The van der Waals surface area contributed by atoms with Gasteiger partial charge in [0.05, 0.1) is 6.04 Å². The number of nitrogens with one attached hydrogen (secondary N) is 4. The van der Waals surface area contributed by atoms with E-state index in [0.29, 0.717) is 25.8 Å². The van der Waals surface area contributed by atoms with Crippen LogP contribution in [0.15, 0.2) is 84.9 Å². The molecule has 0 bridgehead atoms. The molecule has 6 rings (SSSR count).